The van der Waals surface area contributed by atoms with E-state index in [9.17, 15) is 19.8 Å². The molecule has 0 aliphatic rings. The molecule has 0 heterocycles. The summed E-state index contributed by atoms with van der Waals surface area (Å²) in [6.45, 7) is 4.90. The molecule has 2 atom stereocenters. The highest BCUT2D eigenvalue weighted by Crippen LogP contribution is 2.18. The number of hydrogen-bond donors (Lipinski definition) is 3. The van der Waals surface area contributed by atoms with Gasteiger partial charge in [0.25, 0.3) is 0 Å². The normalized spacial score (nSPS) is 12.8. The second-order valence-corrected chi connectivity index (χ2v) is 23.9. The molecular formula is C72H135NO5. The van der Waals surface area contributed by atoms with Crippen LogP contribution >= 0.6 is 0 Å². The van der Waals surface area contributed by atoms with Crippen LogP contribution in [0.25, 0.3) is 0 Å². The number of nitrogens with one attached hydrogen (secondary N) is 1. The van der Waals surface area contributed by atoms with Gasteiger partial charge in [-0.15, -0.1) is 0 Å². The van der Waals surface area contributed by atoms with Gasteiger partial charge >= 0.3 is 5.97 Å². The predicted octanol–water partition coefficient (Wildman–Crippen LogP) is 22.5. The lowest BCUT2D eigenvalue weighted by Crippen LogP contribution is -2.45. The van der Waals surface area contributed by atoms with Crippen LogP contribution in [0.3, 0.4) is 0 Å². The summed E-state index contributed by atoms with van der Waals surface area (Å²) in [7, 11) is 0. The second kappa shape index (κ2) is 67.3. The summed E-state index contributed by atoms with van der Waals surface area (Å²) in [5.74, 6) is -0.0628. The van der Waals surface area contributed by atoms with Crippen molar-refractivity contribution in [1.29, 1.82) is 0 Å². The molecule has 458 valence electrons. The van der Waals surface area contributed by atoms with Gasteiger partial charge in [-0.3, -0.25) is 9.59 Å². The van der Waals surface area contributed by atoms with E-state index < -0.39 is 12.1 Å². The first-order chi connectivity index (χ1) is 38.5. The van der Waals surface area contributed by atoms with E-state index in [0.717, 1.165) is 51.4 Å². The Labute approximate surface area is 486 Å². The van der Waals surface area contributed by atoms with Gasteiger partial charge in [0.1, 0.15) is 0 Å². The SMILES string of the molecule is CCCCC/C=C\C/C=C\CCCCCCCC(=O)OCCCCCCCCCCCCCC/C=C\CCCCCCCCCCCCCCCC(=O)NC(CO)C(O)/C=C/CCCCCCCCCCCCCCCCC. The molecule has 0 spiro atoms. The maximum Gasteiger partial charge on any atom is 0.305 e. The van der Waals surface area contributed by atoms with Crippen LogP contribution in [0.1, 0.15) is 373 Å². The second-order valence-electron chi connectivity index (χ2n) is 23.9. The molecule has 78 heavy (non-hydrogen) atoms. The van der Waals surface area contributed by atoms with E-state index in [0.29, 0.717) is 19.4 Å². The molecule has 0 rings (SSSR count). The Morgan fingerprint density at radius 1 is 0.359 bits per heavy atom. The maximum atomic E-state index is 12.5. The predicted molar refractivity (Wildman–Crippen MR) is 342 cm³/mol. The van der Waals surface area contributed by atoms with Crippen LogP contribution in [0, 0.1) is 0 Å². The largest absolute Gasteiger partial charge is 0.466 e. The van der Waals surface area contributed by atoms with Gasteiger partial charge in [-0.1, -0.05) is 319 Å². The van der Waals surface area contributed by atoms with Crippen molar-refractivity contribution in [2.45, 2.75) is 386 Å². The Kier molecular flexibility index (Phi) is 65.4. The molecule has 6 heteroatoms. The Morgan fingerprint density at radius 2 is 0.641 bits per heavy atom. The van der Waals surface area contributed by atoms with E-state index >= 15 is 0 Å². The Bertz CT molecular complexity index is 1310. The molecule has 0 radical (unpaired) electrons. The first-order valence-corrected chi connectivity index (χ1v) is 34.9. The number of aliphatic hydroxyl groups excluding tert-OH is 2. The van der Waals surface area contributed by atoms with Crippen LogP contribution in [-0.4, -0.2) is 47.4 Å². The molecular weight excluding hydrogens is 959 g/mol. The van der Waals surface area contributed by atoms with Gasteiger partial charge in [0.2, 0.25) is 5.91 Å². The molecule has 0 aromatic heterocycles. The standard InChI is InChI=1S/C72H135NO5/c1-3-5-7-9-11-13-15-17-19-33-37-40-44-48-52-56-60-64-70(75)69(68-74)73-71(76)65-61-57-53-49-45-41-38-34-31-29-27-25-23-21-20-22-24-26-28-30-32-35-39-43-47-51-55-59-63-67-78-72(77)66-62-58-54-50-46-42-36-18-16-14-12-10-8-6-4-2/h12,14,18,20,22,36,60,64,69-70,74-75H,3-11,13,15-17,19,21,23-35,37-59,61-63,65-68H2,1-2H3,(H,73,76)/b14-12-,22-20-,36-18-,64-60+. The van der Waals surface area contributed by atoms with Crippen LogP contribution in [-0.2, 0) is 14.3 Å². The van der Waals surface area contributed by atoms with Gasteiger partial charge < -0.3 is 20.3 Å². The van der Waals surface area contributed by atoms with Gasteiger partial charge in [-0.05, 0) is 89.9 Å². The molecule has 2 unspecified atom stereocenters. The molecule has 0 aromatic rings. The number of allylic oxidation sites excluding steroid dienone is 7. The van der Waals surface area contributed by atoms with Crippen molar-refractivity contribution in [3.8, 4) is 0 Å². The van der Waals surface area contributed by atoms with Crippen LogP contribution in [0.15, 0.2) is 48.6 Å². The van der Waals surface area contributed by atoms with Crippen LogP contribution < -0.4 is 5.32 Å². The van der Waals surface area contributed by atoms with Gasteiger partial charge in [0.05, 0.1) is 25.4 Å². The van der Waals surface area contributed by atoms with Gasteiger partial charge in [-0.2, -0.15) is 0 Å². The molecule has 0 aliphatic carbocycles. The van der Waals surface area contributed by atoms with Crippen molar-refractivity contribution in [1.82, 2.24) is 5.32 Å². The Morgan fingerprint density at radius 3 is 1.01 bits per heavy atom. The van der Waals surface area contributed by atoms with Crippen molar-refractivity contribution >= 4 is 11.9 Å². The van der Waals surface area contributed by atoms with Crippen molar-refractivity contribution in [3.05, 3.63) is 48.6 Å². The lowest BCUT2D eigenvalue weighted by atomic mass is 10.0. The molecule has 1 amide bonds. The highest BCUT2D eigenvalue weighted by molar-refractivity contribution is 5.76. The van der Waals surface area contributed by atoms with Crippen molar-refractivity contribution in [2.75, 3.05) is 13.2 Å². The summed E-state index contributed by atoms with van der Waals surface area (Å²) in [6.07, 6.45) is 87.6. The monoisotopic (exact) mass is 1090 g/mol. The number of aliphatic hydroxyl groups is 2. The van der Waals surface area contributed by atoms with E-state index in [2.05, 4.69) is 55.6 Å². The zero-order valence-electron chi connectivity index (χ0n) is 52.4. The highest BCUT2D eigenvalue weighted by Gasteiger charge is 2.18. The molecule has 3 N–H and O–H groups in total. The number of unbranched alkanes of at least 4 members (excludes halogenated alkanes) is 48. The number of esters is 1. The number of rotatable bonds is 65. The van der Waals surface area contributed by atoms with Crippen molar-refractivity contribution < 1.29 is 24.5 Å². The maximum absolute atomic E-state index is 12.5. The zero-order valence-corrected chi connectivity index (χ0v) is 52.4. The number of carbonyl (C=O) groups excluding carboxylic acids is 2. The molecule has 0 aliphatic heterocycles. The average molecular weight is 1090 g/mol. The van der Waals surface area contributed by atoms with Gasteiger partial charge in [0.15, 0.2) is 0 Å². The summed E-state index contributed by atoms with van der Waals surface area (Å²) in [4.78, 5) is 24.6. The van der Waals surface area contributed by atoms with E-state index in [4.69, 9.17) is 4.74 Å². The summed E-state index contributed by atoms with van der Waals surface area (Å²) < 4.78 is 5.48. The number of ether oxygens (including phenoxy) is 1. The topological polar surface area (TPSA) is 95.9 Å². The summed E-state index contributed by atoms with van der Waals surface area (Å²) >= 11 is 0. The first kappa shape index (κ1) is 75.8. The van der Waals surface area contributed by atoms with Crippen LogP contribution in [0.4, 0.5) is 0 Å². The van der Waals surface area contributed by atoms with Crippen molar-refractivity contribution in [3.63, 3.8) is 0 Å². The lowest BCUT2D eigenvalue weighted by Gasteiger charge is -2.20. The number of hydrogen-bond acceptors (Lipinski definition) is 5. The third-order valence-electron chi connectivity index (χ3n) is 16.1. The molecule has 0 fully saturated rings. The van der Waals surface area contributed by atoms with Crippen molar-refractivity contribution in [2.24, 2.45) is 0 Å². The minimum absolute atomic E-state index is 0.00216. The molecule has 0 saturated heterocycles. The molecule has 6 nitrogen and oxygen atoms in total. The summed E-state index contributed by atoms with van der Waals surface area (Å²) in [5, 5.41) is 23.2. The molecule has 0 aromatic carbocycles. The van der Waals surface area contributed by atoms with Gasteiger partial charge in [0, 0.05) is 12.8 Å². The average Bonchev–Trinajstić information content (AvgIpc) is 3.44. The smallest absolute Gasteiger partial charge is 0.305 e. The van der Waals surface area contributed by atoms with E-state index in [1.165, 1.54) is 295 Å². The van der Waals surface area contributed by atoms with Crippen LogP contribution in [0.5, 0.6) is 0 Å². The highest BCUT2D eigenvalue weighted by atomic mass is 16.5. The number of carbonyl (C=O) groups is 2. The zero-order chi connectivity index (χ0) is 56.4. The Balaban J connectivity index is 3.40. The third kappa shape index (κ3) is 63.0. The van der Waals surface area contributed by atoms with E-state index in [-0.39, 0.29) is 18.5 Å². The summed E-state index contributed by atoms with van der Waals surface area (Å²) in [6, 6.07) is -0.628. The van der Waals surface area contributed by atoms with Crippen LogP contribution in [0.2, 0.25) is 0 Å². The number of amides is 1. The fourth-order valence-corrected chi connectivity index (χ4v) is 10.7. The summed E-state index contributed by atoms with van der Waals surface area (Å²) in [5.41, 5.74) is 0. The minimum Gasteiger partial charge on any atom is -0.466 e. The fraction of sp³-hybridized carbons (Fsp3) is 0.861. The quantitative estimate of drug-likeness (QED) is 0.0320. The third-order valence-corrected chi connectivity index (χ3v) is 16.1. The molecule has 0 saturated carbocycles. The van der Waals surface area contributed by atoms with E-state index in [1.54, 1.807) is 6.08 Å². The first-order valence-electron chi connectivity index (χ1n) is 34.9. The molecule has 0 bridgehead atoms. The fourth-order valence-electron chi connectivity index (χ4n) is 10.7. The van der Waals surface area contributed by atoms with Gasteiger partial charge in [-0.25, -0.2) is 0 Å². The lowest BCUT2D eigenvalue weighted by molar-refractivity contribution is -0.143. The minimum atomic E-state index is -0.845. The van der Waals surface area contributed by atoms with E-state index in [1.807, 2.05) is 6.08 Å². The Hall–Kier alpha value is -2.18.